The summed E-state index contributed by atoms with van der Waals surface area (Å²) < 4.78 is 40.8. The number of nitrogens with zero attached hydrogens (tertiary/aromatic N) is 1. The molecule has 1 N–H and O–H groups in total. The first-order chi connectivity index (χ1) is 16.2. The zero-order valence-electron chi connectivity index (χ0n) is 21.4. The van der Waals surface area contributed by atoms with Crippen molar-refractivity contribution >= 4 is 30.9 Å². The van der Waals surface area contributed by atoms with Gasteiger partial charge in [-0.1, -0.05) is 25.7 Å². The summed E-state index contributed by atoms with van der Waals surface area (Å²) in [5.74, 6) is -1.27. The fourth-order valence-electron chi connectivity index (χ4n) is 4.08. The summed E-state index contributed by atoms with van der Waals surface area (Å²) >= 11 is 0. The van der Waals surface area contributed by atoms with Gasteiger partial charge in [0.2, 0.25) is 0 Å². The fraction of sp³-hybridized carbons (Fsp3) is 0.462. The predicted molar refractivity (Wildman–Crippen MR) is 135 cm³/mol. The van der Waals surface area contributed by atoms with Crippen molar-refractivity contribution in [1.29, 1.82) is 0 Å². The van der Waals surface area contributed by atoms with Gasteiger partial charge in [0.05, 0.1) is 20.4 Å². The third-order valence-electron chi connectivity index (χ3n) is 5.65. The minimum atomic E-state index is -2.12. The van der Waals surface area contributed by atoms with Crippen LogP contribution in [0.25, 0.3) is 0 Å². The molecule has 0 spiro atoms. The summed E-state index contributed by atoms with van der Waals surface area (Å²) in [6.45, 7) is 13.6. The number of nitrogens with one attached hydrogen (secondary N) is 1. The number of halogens is 2. The van der Waals surface area contributed by atoms with Gasteiger partial charge in [-0.2, -0.15) is 0 Å². The lowest BCUT2D eigenvalue weighted by Gasteiger charge is -2.37. The highest BCUT2D eigenvalue weighted by Crippen LogP contribution is 2.34. The molecular formula is C26H34F2N2O4Si. The lowest BCUT2D eigenvalue weighted by molar-refractivity contribution is -0.122. The molecule has 2 aromatic carbocycles. The van der Waals surface area contributed by atoms with Crippen LogP contribution in [0.5, 0.6) is 5.75 Å². The Morgan fingerprint density at radius 2 is 1.80 bits per heavy atom. The van der Waals surface area contributed by atoms with Crippen LogP contribution in [0.15, 0.2) is 30.3 Å². The van der Waals surface area contributed by atoms with Crippen molar-refractivity contribution in [3.8, 4) is 5.75 Å². The summed E-state index contributed by atoms with van der Waals surface area (Å²) in [6.07, 6.45) is -0.161. The minimum Gasteiger partial charge on any atom is -0.494 e. The Kier molecular flexibility index (Phi) is 7.59. The number of carbonyl (C=O) groups excluding carboxylic acids is 2. The quantitative estimate of drug-likeness (QED) is 0.555. The van der Waals surface area contributed by atoms with E-state index in [-0.39, 0.29) is 12.2 Å². The smallest absolute Gasteiger partial charge is 0.411 e. The fourth-order valence-corrected chi connectivity index (χ4v) is 5.43. The van der Waals surface area contributed by atoms with Gasteiger partial charge >= 0.3 is 6.09 Å². The van der Waals surface area contributed by atoms with Gasteiger partial charge in [-0.25, -0.2) is 13.6 Å². The van der Waals surface area contributed by atoms with E-state index < -0.39 is 43.4 Å². The van der Waals surface area contributed by atoms with Crippen LogP contribution in [0.3, 0.4) is 0 Å². The Morgan fingerprint density at radius 1 is 1.11 bits per heavy atom. The number of amides is 2. The van der Waals surface area contributed by atoms with Crippen molar-refractivity contribution < 1.29 is 27.8 Å². The second-order valence-electron chi connectivity index (χ2n) is 10.7. The summed E-state index contributed by atoms with van der Waals surface area (Å²) in [7, 11) is -2.12. The van der Waals surface area contributed by atoms with Crippen LogP contribution in [-0.2, 0) is 16.0 Å². The molecule has 0 fully saturated rings. The van der Waals surface area contributed by atoms with Crippen LogP contribution in [0, 0.1) is 11.6 Å². The van der Waals surface area contributed by atoms with Gasteiger partial charge in [0.15, 0.2) is 0 Å². The Labute approximate surface area is 206 Å². The number of ether oxygens (including phenoxy) is 2. The van der Waals surface area contributed by atoms with Crippen molar-refractivity contribution in [1.82, 2.24) is 4.90 Å². The van der Waals surface area contributed by atoms with Gasteiger partial charge in [0.1, 0.15) is 29.0 Å². The summed E-state index contributed by atoms with van der Waals surface area (Å²) in [5.41, 5.74) is 0.398. The molecule has 0 saturated carbocycles. The molecule has 1 atom stereocenters. The van der Waals surface area contributed by atoms with E-state index >= 15 is 0 Å². The lowest BCUT2D eigenvalue weighted by Crippen LogP contribution is -2.47. The van der Waals surface area contributed by atoms with Crippen molar-refractivity contribution in [2.75, 3.05) is 18.5 Å². The Morgan fingerprint density at radius 3 is 2.40 bits per heavy atom. The number of rotatable bonds is 5. The first-order valence-electron chi connectivity index (χ1n) is 11.8. The SMILES string of the molecule is CCOc1ccc2c(c1)CCN(C(=O)OC(C)(C)C)[C@@H]2C(=O)Nc1cc(F)c([Si](C)(C)C)cc1F. The van der Waals surface area contributed by atoms with Crippen LogP contribution in [0.2, 0.25) is 19.6 Å². The first kappa shape index (κ1) is 26.7. The van der Waals surface area contributed by atoms with E-state index in [2.05, 4.69) is 5.32 Å². The maximum absolute atomic E-state index is 14.9. The van der Waals surface area contributed by atoms with Crippen LogP contribution < -0.4 is 15.2 Å². The number of anilines is 1. The highest BCUT2D eigenvalue weighted by atomic mass is 28.3. The largest absolute Gasteiger partial charge is 0.494 e. The van der Waals surface area contributed by atoms with E-state index in [1.807, 2.05) is 32.6 Å². The summed E-state index contributed by atoms with van der Waals surface area (Å²) in [4.78, 5) is 27.8. The molecule has 0 unspecified atom stereocenters. The number of carbonyl (C=O) groups is 2. The zero-order chi connectivity index (χ0) is 26.1. The molecule has 0 aromatic heterocycles. The average molecular weight is 505 g/mol. The predicted octanol–water partition coefficient (Wildman–Crippen LogP) is 5.38. The van der Waals surface area contributed by atoms with Crippen LogP contribution in [0.4, 0.5) is 19.3 Å². The van der Waals surface area contributed by atoms with Crippen LogP contribution >= 0.6 is 0 Å². The van der Waals surface area contributed by atoms with E-state index in [0.717, 1.165) is 17.7 Å². The summed E-state index contributed by atoms with van der Waals surface area (Å²) in [5, 5.41) is 2.85. The van der Waals surface area contributed by atoms with Gasteiger partial charge in [-0.3, -0.25) is 9.69 Å². The number of fused-ring (bicyclic) bond motifs is 1. The standard InChI is InChI=1S/C26H34F2N2O4Si/c1-8-33-17-9-10-18-16(13-17)11-12-30(25(32)34-26(2,3)4)23(18)24(31)29-21-14-20(28)22(15-19(21)27)35(5,6)7/h9-10,13-15,23H,8,11-12H2,1-7H3,(H,29,31)/t23-/m0/s1. The van der Waals surface area contributed by atoms with Gasteiger partial charge in [-0.15, -0.1) is 0 Å². The minimum absolute atomic E-state index is 0.223. The summed E-state index contributed by atoms with van der Waals surface area (Å²) in [6, 6.07) is 6.39. The number of benzene rings is 2. The lowest BCUT2D eigenvalue weighted by atomic mass is 9.92. The molecule has 0 radical (unpaired) electrons. The molecule has 0 saturated heterocycles. The molecular weight excluding hydrogens is 470 g/mol. The molecule has 2 amide bonds. The van der Waals surface area contributed by atoms with Gasteiger partial charge < -0.3 is 14.8 Å². The molecule has 9 heteroatoms. The monoisotopic (exact) mass is 504 g/mol. The van der Waals surface area contributed by atoms with Gasteiger partial charge in [0, 0.05) is 12.6 Å². The molecule has 2 aromatic rings. The highest BCUT2D eigenvalue weighted by molar-refractivity contribution is 6.88. The molecule has 1 aliphatic heterocycles. The molecule has 0 aliphatic carbocycles. The third-order valence-corrected chi connectivity index (χ3v) is 7.65. The van der Waals surface area contributed by atoms with E-state index in [0.29, 0.717) is 29.5 Å². The Balaban J connectivity index is 1.99. The maximum Gasteiger partial charge on any atom is 0.411 e. The van der Waals surface area contributed by atoms with E-state index in [1.165, 1.54) is 4.90 Å². The highest BCUT2D eigenvalue weighted by Gasteiger charge is 2.39. The van der Waals surface area contributed by atoms with Crippen LogP contribution in [-0.4, -0.2) is 43.7 Å². The zero-order valence-corrected chi connectivity index (χ0v) is 22.4. The molecule has 3 rings (SSSR count). The molecule has 0 bridgehead atoms. The van der Waals surface area contributed by atoms with Crippen molar-refractivity contribution in [2.24, 2.45) is 0 Å². The van der Waals surface area contributed by atoms with E-state index in [1.54, 1.807) is 32.9 Å². The normalized spacial score (nSPS) is 15.9. The number of hydrogen-bond donors (Lipinski definition) is 1. The van der Waals surface area contributed by atoms with Crippen LogP contribution in [0.1, 0.15) is 44.9 Å². The molecule has 1 aliphatic rings. The molecule has 6 nitrogen and oxygen atoms in total. The molecule has 1 heterocycles. The van der Waals surface area contributed by atoms with Crippen molar-refractivity contribution in [3.05, 3.63) is 53.1 Å². The van der Waals surface area contributed by atoms with Crippen molar-refractivity contribution in [3.63, 3.8) is 0 Å². The molecule has 190 valence electrons. The topological polar surface area (TPSA) is 67.9 Å². The second-order valence-corrected chi connectivity index (χ2v) is 15.7. The first-order valence-corrected chi connectivity index (χ1v) is 15.3. The third kappa shape index (κ3) is 6.20. The van der Waals surface area contributed by atoms with Gasteiger partial charge in [-0.05, 0) is 68.6 Å². The maximum atomic E-state index is 14.9. The van der Waals surface area contributed by atoms with Gasteiger partial charge in [0.25, 0.3) is 5.91 Å². The average Bonchev–Trinajstić information content (AvgIpc) is 2.73. The van der Waals surface area contributed by atoms with E-state index in [4.69, 9.17) is 9.47 Å². The number of hydrogen-bond acceptors (Lipinski definition) is 4. The molecule has 35 heavy (non-hydrogen) atoms. The second kappa shape index (κ2) is 9.97. The Hall–Kier alpha value is -2.94. The Bertz CT molecular complexity index is 1130. The van der Waals surface area contributed by atoms with E-state index in [9.17, 15) is 18.4 Å². The van der Waals surface area contributed by atoms with Crippen molar-refractivity contribution in [2.45, 2.75) is 65.4 Å².